The van der Waals surface area contributed by atoms with E-state index in [2.05, 4.69) is 4.90 Å². The lowest BCUT2D eigenvalue weighted by atomic mass is 9.86. The minimum absolute atomic E-state index is 0.0116. The highest BCUT2D eigenvalue weighted by atomic mass is 16.2. The second-order valence-electron chi connectivity index (χ2n) is 5.47. The highest BCUT2D eigenvalue weighted by molar-refractivity contribution is 6.32. The minimum Gasteiger partial charge on any atom is -0.292 e. The highest BCUT2D eigenvalue weighted by Crippen LogP contribution is 2.38. The molecule has 0 N–H and O–H groups in total. The summed E-state index contributed by atoms with van der Waals surface area (Å²) in [7, 11) is 0. The molecule has 1 fully saturated rings. The van der Waals surface area contributed by atoms with Gasteiger partial charge < -0.3 is 0 Å². The summed E-state index contributed by atoms with van der Waals surface area (Å²) in [6.07, 6.45) is 3.93. The van der Waals surface area contributed by atoms with Crippen LogP contribution in [0.2, 0.25) is 0 Å². The van der Waals surface area contributed by atoms with Crippen LogP contribution in [-0.2, 0) is 0 Å². The quantitative estimate of drug-likeness (QED) is 0.764. The third-order valence-corrected chi connectivity index (χ3v) is 4.58. The largest absolute Gasteiger partial charge is 0.292 e. The number of hydrogen-bond donors (Lipinski definition) is 0. The predicted octanol–water partition coefficient (Wildman–Crippen LogP) is 2.70. The Labute approximate surface area is 113 Å². The molecule has 3 heteroatoms. The fraction of sp³-hybridized carbons (Fsp3) is 0.500. The van der Waals surface area contributed by atoms with Crippen LogP contribution in [0.15, 0.2) is 24.3 Å². The zero-order valence-electron chi connectivity index (χ0n) is 11.3. The van der Waals surface area contributed by atoms with Crippen molar-refractivity contribution in [1.82, 2.24) is 4.90 Å². The van der Waals surface area contributed by atoms with Gasteiger partial charge in [-0.25, -0.2) is 0 Å². The molecule has 0 spiro atoms. The molecule has 0 saturated carbocycles. The number of benzene rings is 1. The number of likely N-dealkylation sites (tertiary alicyclic amines) is 1. The van der Waals surface area contributed by atoms with E-state index in [1.807, 2.05) is 19.1 Å². The number of rotatable bonds is 2. The third-order valence-electron chi connectivity index (χ3n) is 4.58. The Balaban J connectivity index is 2.08. The van der Waals surface area contributed by atoms with Crippen molar-refractivity contribution in [2.24, 2.45) is 0 Å². The maximum atomic E-state index is 12.8. The lowest BCUT2D eigenvalue weighted by molar-refractivity contribution is 0.0420. The SMILES string of the molecule is CCC1(N2CCCCC2)C(=O)c2ccccc2C1=O. The molecule has 1 aliphatic carbocycles. The van der Waals surface area contributed by atoms with Crippen LogP contribution in [0.4, 0.5) is 0 Å². The van der Waals surface area contributed by atoms with Gasteiger partial charge in [-0.1, -0.05) is 37.6 Å². The van der Waals surface area contributed by atoms with Gasteiger partial charge >= 0.3 is 0 Å². The van der Waals surface area contributed by atoms with Crippen LogP contribution in [0, 0.1) is 0 Å². The van der Waals surface area contributed by atoms with E-state index < -0.39 is 5.54 Å². The standard InChI is InChI=1S/C16H19NO2/c1-2-16(17-10-6-3-7-11-17)14(18)12-8-4-5-9-13(12)15(16)19/h4-5,8-9H,2-3,6-7,10-11H2,1H3. The molecule has 1 aromatic rings. The number of ketones is 2. The Morgan fingerprint density at radius 1 is 1.00 bits per heavy atom. The molecule has 19 heavy (non-hydrogen) atoms. The Hall–Kier alpha value is -1.48. The number of fused-ring (bicyclic) bond motifs is 1. The number of nitrogens with zero attached hydrogens (tertiary/aromatic N) is 1. The number of carbonyl (C=O) groups is 2. The van der Waals surface area contributed by atoms with Gasteiger partial charge in [0.05, 0.1) is 0 Å². The van der Waals surface area contributed by atoms with E-state index in [9.17, 15) is 9.59 Å². The number of Topliss-reactive ketones (excluding diaryl/α,β-unsaturated/α-hetero) is 2. The lowest BCUT2D eigenvalue weighted by Crippen LogP contribution is -2.58. The van der Waals surface area contributed by atoms with Crippen LogP contribution in [-0.4, -0.2) is 35.1 Å². The van der Waals surface area contributed by atoms with Crippen LogP contribution in [0.5, 0.6) is 0 Å². The average Bonchev–Trinajstić information content (AvgIpc) is 2.70. The summed E-state index contributed by atoms with van der Waals surface area (Å²) < 4.78 is 0. The summed E-state index contributed by atoms with van der Waals surface area (Å²) in [6.45, 7) is 3.68. The maximum absolute atomic E-state index is 12.8. The molecule has 0 unspecified atom stereocenters. The van der Waals surface area contributed by atoms with Gasteiger partial charge in [0.15, 0.2) is 11.6 Å². The van der Waals surface area contributed by atoms with Gasteiger partial charge in [-0.15, -0.1) is 0 Å². The van der Waals surface area contributed by atoms with Crippen LogP contribution in [0.25, 0.3) is 0 Å². The van der Waals surface area contributed by atoms with Crippen LogP contribution in [0.1, 0.15) is 53.3 Å². The first kappa shape index (κ1) is 12.5. The molecule has 0 bridgehead atoms. The topological polar surface area (TPSA) is 37.4 Å². The molecule has 0 atom stereocenters. The van der Waals surface area contributed by atoms with Gasteiger partial charge in [-0.2, -0.15) is 0 Å². The Kier molecular flexibility index (Phi) is 3.02. The molecular weight excluding hydrogens is 238 g/mol. The molecule has 3 nitrogen and oxygen atoms in total. The van der Waals surface area contributed by atoms with E-state index in [-0.39, 0.29) is 11.6 Å². The highest BCUT2D eigenvalue weighted by Gasteiger charge is 2.55. The average molecular weight is 257 g/mol. The Morgan fingerprint density at radius 3 is 2.00 bits per heavy atom. The van der Waals surface area contributed by atoms with Gasteiger partial charge in [-0.05, 0) is 32.4 Å². The maximum Gasteiger partial charge on any atom is 0.191 e. The van der Waals surface area contributed by atoms with Crippen molar-refractivity contribution in [3.63, 3.8) is 0 Å². The molecular formula is C16H19NO2. The fourth-order valence-corrected chi connectivity index (χ4v) is 3.54. The summed E-state index contributed by atoms with van der Waals surface area (Å²) >= 11 is 0. The number of carbonyl (C=O) groups excluding carboxylic acids is 2. The summed E-state index contributed by atoms with van der Waals surface area (Å²) in [5.41, 5.74) is 0.309. The zero-order chi connectivity index (χ0) is 13.5. The summed E-state index contributed by atoms with van der Waals surface area (Å²) in [5, 5.41) is 0. The van der Waals surface area contributed by atoms with Gasteiger partial charge in [0, 0.05) is 11.1 Å². The second kappa shape index (κ2) is 4.57. The van der Waals surface area contributed by atoms with Gasteiger partial charge in [-0.3, -0.25) is 14.5 Å². The molecule has 3 rings (SSSR count). The monoisotopic (exact) mass is 257 g/mol. The Bertz CT molecular complexity index is 494. The van der Waals surface area contributed by atoms with Crippen molar-refractivity contribution >= 4 is 11.6 Å². The third kappa shape index (κ3) is 1.61. The van der Waals surface area contributed by atoms with E-state index in [0.29, 0.717) is 17.5 Å². The molecule has 100 valence electrons. The summed E-state index contributed by atoms with van der Waals surface area (Å²) in [4.78, 5) is 27.7. The first-order valence-corrected chi connectivity index (χ1v) is 7.15. The summed E-state index contributed by atoms with van der Waals surface area (Å²) in [5.74, 6) is 0.0231. The van der Waals surface area contributed by atoms with Crippen LogP contribution in [0.3, 0.4) is 0 Å². The smallest absolute Gasteiger partial charge is 0.191 e. The molecule has 1 aliphatic heterocycles. The van der Waals surface area contributed by atoms with Crippen molar-refractivity contribution in [3.05, 3.63) is 35.4 Å². The minimum atomic E-state index is -0.913. The number of piperidine rings is 1. The van der Waals surface area contributed by atoms with E-state index in [0.717, 1.165) is 25.9 Å². The first-order valence-electron chi connectivity index (χ1n) is 7.15. The normalized spacial score (nSPS) is 22.6. The van der Waals surface area contributed by atoms with Crippen LogP contribution < -0.4 is 0 Å². The molecule has 1 aromatic carbocycles. The van der Waals surface area contributed by atoms with Gasteiger partial charge in [0.25, 0.3) is 0 Å². The van der Waals surface area contributed by atoms with Crippen molar-refractivity contribution in [1.29, 1.82) is 0 Å². The van der Waals surface area contributed by atoms with Crippen molar-refractivity contribution in [2.75, 3.05) is 13.1 Å². The van der Waals surface area contributed by atoms with Crippen molar-refractivity contribution in [3.8, 4) is 0 Å². The van der Waals surface area contributed by atoms with Crippen molar-refractivity contribution in [2.45, 2.75) is 38.1 Å². The number of hydrogen-bond acceptors (Lipinski definition) is 3. The van der Waals surface area contributed by atoms with Gasteiger partial charge in [0.2, 0.25) is 0 Å². The van der Waals surface area contributed by atoms with Crippen molar-refractivity contribution < 1.29 is 9.59 Å². The lowest BCUT2D eigenvalue weighted by Gasteiger charge is -2.40. The molecule has 2 aliphatic rings. The molecule has 0 amide bonds. The Morgan fingerprint density at radius 2 is 1.53 bits per heavy atom. The summed E-state index contributed by atoms with van der Waals surface area (Å²) in [6, 6.07) is 7.26. The van der Waals surface area contributed by atoms with Gasteiger partial charge in [0.1, 0.15) is 5.54 Å². The van der Waals surface area contributed by atoms with E-state index in [1.54, 1.807) is 12.1 Å². The first-order chi connectivity index (χ1) is 9.21. The fourth-order valence-electron chi connectivity index (χ4n) is 3.54. The van der Waals surface area contributed by atoms with E-state index in [4.69, 9.17) is 0 Å². The molecule has 0 aromatic heterocycles. The predicted molar refractivity (Wildman–Crippen MR) is 73.5 cm³/mol. The molecule has 1 heterocycles. The second-order valence-corrected chi connectivity index (χ2v) is 5.47. The molecule has 1 saturated heterocycles. The van der Waals surface area contributed by atoms with E-state index in [1.165, 1.54) is 6.42 Å². The van der Waals surface area contributed by atoms with Crippen LogP contribution >= 0.6 is 0 Å². The zero-order valence-corrected chi connectivity index (χ0v) is 11.3. The van der Waals surface area contributed by atoms with E-state index >= 15 is 0 Å². The molecule has 0 radical (unpaired) electrons.